The van der Waals surface area contributed by atoms with E-state index in [2.05, 4.69) is 10.4 Å². The number of aromatic nitrogens is 2. The van der Waals surface area contributed by atoms with Gasteiger partial charge in [0.2, 0.25) is 5.78 Å². The molecular weight excluding hydrogens is 266 g/mol. The van der Waals surface area contributed by atoms with Gasteiger partial charge in [-0.15, -0.1) is 0 Å². The normalized spacial score (nSPS) is 13.4. The first-order valence-corrected chi connectivity index (χ1v) is 7.26. The van der Waals surface area contributed by atoms with E-state index in [1.165, 1.54) is 0 Å². The summed E-state index contributed by atoms with van der Waals surface area (Å²) in [5, 5.41) is 7.57. The standard InChI is InChI=1S/C16H19N3O2/c1-3-19-15(14(21-2)10-18-19)16(20)12-6-4-8-13-11(12)7-5-9-17-13/h4,6,8,10,17H,3,5,7,9H2,1-2H3. The Hall–Kier alpha value is -2.30. The highest BCUT2D eigenvalue weighted by molar-refractivity contribution is 6.11. The van der Waals surface area contributed by atoms with Crippen LogP contribution in [-0.2, 0) is 13.0 Å². The molecule has 0 unspecified atom stereocenters. The van der Waals surface area contributed by atoms with Crippen LogP contribution in [0.4, 0.5) is 5.69 Å². The second-order valence-corrected chi connectivity index (χ2v) is 5.07. The van der Waals surface area contributed by atoms with Crippen molar-refractivity contribution in [1.82, 2.24) is 9.78 Å². The molecule has 0 aliphatic carbocycles. The number of benzene rings is 1. The molecule has 0 amide bonds. The number of ketones is 1. The van der Waals surface area contributed by atoms with E-state index in [0.717, 1.165) is 36.2 Å². The highest BCUT2D eigenvalue weighted by Gasteiger charge is 2.24. The Morgan fingerprint density at radius 2 is 2.33 bits per heavy atom. The molecule has 1 N–H and O–H groups in total. The summed E-state index contributed by atoms with van der Waals surface area (Å²) in [5.74, 6) is 0.509. The summed E-state index contributed by atoms with van der Waals surface area (Å²) in [6.07, 6.45) is 3.57. The lowest BCUT2D eigenvalue weighted by Gasteiger charge is -2.20. The van der Waals surface area contributed by atoms with Crippen LogP contribution in [0.5, 0.6) is 5.75 Å². The van der Waals surface area contributed by atoms with Crippen molar-refractivity contribution >= 4 is 11.5 Å². The molecule has 0 atom stereocenters. The van der Waals surface area contributed by atoms with Gasteiger partial charge in [0.25, 0.3) is 0 Å². The van der Waals surface area contributed by atoms with Crippen LogP contribution in [-0.4, -0.2) is 29.2 Å². The summed E-state index contributed by atoms with van der Waals surface area (Å²) < 4.78 is 6.99. The predicted molar refractivity (Wildman–Crippen MR) is 81.1 cm³/mol. The average Bonchev–Trinajstić information content (AvgIpc) is 2.96. The Balaban J connectivity index is 2.09. The number of hydrogen-bond donors (Lipinski definition) is 1. The molecule has 0 fully saturated rings. The minimum atomic E-state index is -0.0215. The number of aryl methyl sites for hydroxylation is 1. The fourth-order valence-electron chi connectivity index (χ4n) is 2.84. The molecule has 3 rings (SSSR count). The van der Waals surface area contributed by atoms with E-state index in [0.29, 0.717) is 18.0 Å². The van der Waals surface area contributed by atoms with Gasteiger partial charge in [-0.1, -0.05) is 12.1 Å². The third-order valence-electron chi connectivity index (χ3n) is 3.88. The van der Waals surface area contributed by atoms with Gasteiger partial charge in [-0.2, -0.15) is 5.10 Å². The molecule has 1 aliphatic heterocycles. The zero-order valence-electron chi connectivity index (χ0n) is 12.3. The molecule has 5 heteroatoms. The fraction of sp³-hybridized carbons (Fsp3) is 0.375. The van der Waals surface area contributed by atoms with E-state index in [9.17, 15) is 4.79 Å². The molecule has 1 aliphatic rings. The highest BCUT2D eigenvalue weighted by Crippen LogP contribution is 2.29. The molecule has 0 bridgehead atoms. The third kappa shape index (κ3) is 2.28. The van der Waals surface area contributed by atoms with Gasteiger partial charge in [-0.05, 0) is 31.4 Å². The fourth-order valence-corrected chi connectivity index (χ4v) is 2.84. The number of nitrogens with zero attached hydrogens (tertiary/aromatic N) is 2. The largest absolute Gasteiger partial charge is 0.493 e. The van der Waals surface area contributed by atoms with Gasteiger partial charge in [0.05, 0.1) is 13.3 Å². The number of anilines is 1. The molecule has 2 heterocycles. The highest BCUT2D eigenvalue weighted by atomic mass is 16.5. The van der Waals surface area contributed by atoms with Gasteiger partial charge < -0.3 is 10.1 Å². The number of methoxy groups -OCH3 is 1. The number of hydrogen-bond acceptors (Lipinski definition) is 4. The minimum absolute atomic E-state index is 0.0215. The van der Waals surface area contributed by atoms with Crippen molar-refractivity contribution in [3.63, 3.8) is 0 Å². The van der Waals surface area contributed by atoms with Crippen LogP contribution >= 0.6 is 0 Å². The van der Waals surface area contributed by atoms with Gasteiger partial charge >= 0.3 is 0 Å². The van der Waals surface area contributed by atoms with Gasteiger partial charge in [0, 0.05) is 24.3 Å². The van der Waals surface area contributed by atoms with Crippen LogP contribution in [0.3, 0.4) is 0 Å². The SMILES string of the molecule is CCn1ncc(OC)c1C(=O)c1cccc2c1CCCN2. The number of nitrogens with one attached hydrogen (secondary N) is 1. The molecule has 0 saturated carbocycles. The number of fused-ring (bicyclic) bond motifs is 1. The topological polar surface area (TPSA) is 56.2 Å². The van der Waals surface area contributed by atoms with E-state index in [1.807, 2.05) is 25.1 Å². The van der Waals surface area contributed by atoms with Crippen LogP contribution in [0.2, 0.25) is 0 Å². The van der Waals surface area contributed by atoms with Crippen molar-refractivity contribution in [1.29, 1.82) is 0 Å². The first-order valence-electron chi connectivity index (χ1n) is 7.26. The van der Waals surface area contributed by atoms with Crippen molar-refractivity contribution < 1.29 is 9.53 Å². The van der Waals surface area contributed by atoms with Crippen LogP contribution in [0.1, 0.15) is 35.0 Å². The van der Waals surface area contributed by atoms with E-state index in [-0.39, 0.29) is 5.78 Å². The molecular formula is C16H19N3O2. The lowest BCUT2D eigenvalue weighted by atomic mass is 9.94. The summed E-state index contributed by atoms with van der Waals surface area (Å²) in [5.41, 5.74) is 3.43. The lowest BCUT2D eigenvalue weighted by Crippen LogP contribution is -2.18. The van der Waals surface area contributed by atoms with Crippen LogP contribution in [0.15, 0.2) is 24.4 Å². The lowest BCUT2D eigenvalue weighted by molar-refractivity contribution is 0.102. The second kappa shape index (κ2) is 5.60. The zero-order chi connectivity index (χ0) is 14.8. The Bertz CT molecular complexity index is 655. The smallest absolute Gasteiger partial charge is 0.215 e. The predicted octanol–water partition coefficient (Wildman–Crippen LogP) is 2.50. The number of carbonyl (C=O) groups excluding carboxylic acids is 1. The zero-order valence-corrected chi connectivity index (χ0v) is 12.3. The van der Waals surface area contributed by atoms with E-state index < -0.39 is 0 Å². The maximum atomic E-state index is 13.0. The Labute approximate surface area is 123 Å². The molecule has 0 radical (unpaired) electrons. The number of rotatable bonds is 4. The van der Waals surface area contributed by atoms with Gasteiger partial charge in [0.1, 0.15) is 0 Å². The first-order chi connectivity index (χ1) is 10.3. The summed E-state index contributed by atoms with van der Waals surface area (Å²) >= 11 is 0. The summed E-state index contributed by atoms with van der Waals surface area (Å²) in [6, 6.07) is 5.84. The Morgan fingerprint density at radius 3 is 3.10 bits per heavy atom. The summed E-state index contributed by atoms with van der Waals surface area (Å²) in [7, 11) is 1.57. The molecule has 5 nitrogen and oxygen atoms in total. The molecule has 1 aromatic carbocycles. The van der Waals surface area contributed by atoms with Crippen molar-refractivity contribution in [2.45, 2.75) is 26.3 Å². The van der Waals surface area contributed by atoms with E-state index in [4.69, 9.17) is 4.74 Å². The maximum absolute atomic E-state index is 13.0. The third-order valence-corrected chi connectivity index (χ3v) is 3.88. The Kier molecular flexibility index (Phi) is 3.64. The van der Waals surface area contributed by atoms with Crippen molar-refractivity contribution in [2.24, 2.45) is 0 Å². The van der Waals surface area contributed by atoms with Crippen LogP contribution < -0.4 is 10.1 Å². The summed E-state index contributed by atoms with van der Waals surface area (Å²) in [6.45, 7) is 3.56. The molecule has 0 spiro atoms. The quantitative estimate of drug-likeness (QED) is 0.877. The number of carbonyl (C=O) groups is 1. The molecule has 2 aromatic rings. The average molecular weight is 285 g/mol. The molecule has 110 valence electrons. The molecule has 1 aromatic heterocycles. The van der Waals surface area contributed by atoms with E-state index in [1.54, 1.807) is 18.0 Å². The van der Waals surface area contributed by atoms with Crippen molar-refractivity contribution in [3.05, 3.63) is 41.2 Å². The van der Waals surface area contributed by atoms with Crippen LogP contribution in [0, 0.1) is 0 Å². The summed E-state index contributed by atoms with van der Waals surface area (Å²) in [4.78, 5) is 13.0. The van der Waals surface area contributed by atoms with Gasteiger partial charge in [-0.3, -0.25) is 9.48 Å². The Morgan fingerprint density at radius 1 is 1.48 bits per heavy atom. The monoisotopic (exact) mass is 285 g/mol. The van der Waals surface area contributed by atoms with Gasteiger partial charge in [-0.25, -0.2) is 0 Å². The second-order valence-electron chi connectivity index (χ2n) is 5.07. The van der Waals surface area contributed by atoms with E-state index >= 15 is 0 Å². The van der Waals surface area contributed by atoms with Gasteiger partial charge in [0.15, 0.2) is 11.4 Å². The maximum Gasteiger partial charge on any atom is 0.215 e. The minimum Gasteiger partial charge on any atom is -0.493 e. The first kappa shape index (κ1) is 13.7. The number of ether oxygens (including phenoxy) is 1. The van der Waals surface area contributed by atoms with Crippen LogP contribution in [0.25, 0.3) is 0 Å². The van der Waals surface area contributed by atoms with Crippen molar-refractivity contribution in [3.8, 4) is 5.75 Å². The molecule has 21 heavy (non-hydrogen) atoms. The molecule has 0 saturated heterocycles. The van der Waals surface area contributed by atoms with Crippen molar-refractivity contribution in [2.75, 3.05) is 19.0 Å².